The van der Waals surface area contributed by atoms with Gasteiger partial charge < -0.3 is 4.74 Å². The van der Waals surface area contributed by atoms with E-state index in [0.29, 0.717) is 17.8 Å². The molecule has 0 unspecified atom stereocenters. The number of fused-ring (bicyclic) bond motifs is 1. The van der Waals surface area contributed by atoms with Crippen LogP contribution in [0.15, 0.2) is 10.9 Å². The zero-order chi connectivity index (χ0) is 14.0. The molecule has 2 aromatic rings. The fraction of sp³-hybridized carbons (Fsp3) is 0.462. The highest BCUT2D eigenvalue weighted by atomic mass is 32.1. The van der Waals surface area contributed by atoms with Crippen LogP contribution in [0, 0.1) is 6.92 Å². The number of carbonyl (C=O) groups excluding carboxylic acids is 1. The first kappa shape index (κ1) is 13.7. The van der Waals surface area contributed by atoms with E-state index in [2.05, 4.69) is 4.98 Å². The fourth-order valence-corrected chi connectivity index (χ4v) is 2.87. The van der Waals surface area contributed by atoms with Gasteiger partial charge in [-0.2, -0.15) is 0 Å². The Balaban J connectivity index is 2.49. The monoisotopic (exact) mass is 280 g/mol. The molecule has 0 aromatic carbocycles. The number of hydrogen-bond acceptors (Lipinski definition) is 5. The van der Waals surface area contributed by atoms with Crippen molar-refractivity contribution in [2.24, 2.45) is 0 Å². The van der Waals surface area contributed by atoms with E-state index in [1.54, 1.807) is 13.8 Å². The Hall–Kier alpha value is -1.69. The maximum absolute atomic E-state index is 12.3. The van der Waals surface area contributed by atoms with E-state index >= 15 is 0 Å². The van der Waals surface area contributed by atoms with Gasteiger partial charge in [-0.15, -0.1) is 11.3 Å². The molecule has 0 aliphatic rings. The van der Waals surface area contributed by atoms with Gasteiger partial charge in [0.15, 0.2) is 0 Å². The molecule has 2 aromatic heterocycles. The summed E-state index contributed by atoms with van der Waals surface area (Å²) in [6, 6.07) is 1.86. The SMILES string of the molecule is CCOC(=O)Cn1c(C)nc2sc(CC)cc2c1=O. The summed E-state index contributed by atoms with van der Waals surface area (Å²) in [7, 11) is 0. The largest absolute Gasteiger partial charge is 0.465 e. The molecule has 0 saturated heterocycles. The van der Waals surface area contributed by atoms with Gasteiger partial charge in [0.1, 0.15) is 17.2 Å². The lowest BCUT2D eigenvalue weighted by Gasteiger charge is -2.08. The standard InChI is InChI=1S/C13H16N2O3S/c1-4-9-6-10-12(19-9)14-8(3)15(13(10)17)7-11(16)18-5-2/h6H,4-5,7H2,1-3H3. The van der Waals surface area contributed by atoms with Gasteiger partial charge in [0.25, 0.3) is 5.56 Å². The van der Waals surface area contributed by atoms with Crippen LogP contribution < -0.4 is 5.56 Å². The highest BCUT2D eigenvalue weighted by Gasteiger charge is 2.14. The normalized spacial score (nSPS) is 10.9. The molecule has 0 saturated carbocycles. The predicted octanol–water partition coefficient (Wildman–Crippen LogP) is 1.89. The van der Waals surface area contributed by atoms with E-state index < -0.39 is 5.97 Å². The maximum atomic E-state index is 12.3. The van der Waals surface area contributed by atoms with Crippen LogP contribution in [0.4, 0.5) is 0 Å². The van der Waals surface area contributed by atoms with Crippen LogP contribution in [0.1, 0.15) is 24.5 Å². The molecule has 102 valence electrons. The van der Waals surface area contributed by atoms with Gasteiger partial charge in [0, 0.05) is 4.88 Å². The molecule has 19 heavy (non-hydrogen) atoms. The van der Waals surface area contributed by atoms with Crippen molar-refractivity contribution in [3.05, 3.63) is 27.1 Å². The Bertz CT molecular complexity index is 672. The van der Waals surface area contributed by atoms with Crippen LogP contribution in [0.2, 0.25) is 0 Å². The zero-order valence-electron chi connectivity index (χ0n) is 11.2. The number of thiophene rings is 1. The molecule has 0 atom stereocenters. The Morgan fingerprint density at radius 3 is 2.84 bits per heavy atom. The molecule has 5 nitrogen and oxygen atoms in total. The zero-order valence-corrected chi connectivity index (χ0v) is 12.0. The Morgan fingerprint density at radius 2 is 2.21 bits per heavy atom. The molecule has 0 bridgehead atoms. The number of hydrogen-bond donors (Lipinski definition) is 0. The summed E-state index contributed by atoms with van der Waals surface area (Å²) in [5.41, 5.74) is -0.175. The Kier molecular flexibility index (Phi) is 3.99. The molecule has 0 aliphatic heterocycles. The summed E-state index contributed by atoms with van der Waals surface area (Å²) >= 11 is 1.52. The van der Waals surface area contributed by atoms with Gasteiger partial charge in [0.2, 0.25) is 0 Å². The van der Waals surface area contributed by atoms with E-state index in [1.807, 2.05) is 13.0 Å². The van der Waals surface area contributed by atoms with E-state index in [-0.39, 0.29) is 12.1 Å². The van der Waals surface area contributed by atoms with Crippen molar-refractivity contribution in [1.82, 2.24) is 9.55 Å². The highest BCUT2D eigenvalue weighted by molar-refractivity contribution is 7.18. The first-order valence-corrected chi connectivity index (χ1v) is 7.04. The Labute approximate surface area is 114 Å². The molecule has 0 N–H and O–H groups in total. The van der Waals surface area contributed by atoms with E-state index in [9.17, 15) is 9.59 Å². The maximum Gasteiger partial charge on any atom is 0.326 e. The number of carbonyl (C=O) groups is 1. The van der Waals surface area contributed by atoms with Crippen molar-refractivity contribution >= 4 is 27.5 Å². The lowest BCUT2D eigenvalue weighted by Crippen LogP contribution is -2.27. The van der Waals surface area contributed by atoms with Crippen LogP contribution >= 0.6 is 11.3 Å². The number of aryl methyl sites for hydroxylation is 2. The van der Waals surface area contributed by atoms with Crippen LogP contribution in [0.3, 0.4) is 0 Å². The smallest absolute Gasteiger partial charge is 0.326 e. The van der Waals surface area contributed by atoms with Crippen molar-refractivity contribution in [3.63, 3.8) is 0 Å². The summed E-state index contributed by atoms with van der Waals surface area (Å²) in [5.74, 6) is 0.120. The average molecular weight is 280 g/mol. The molecule has 0 radical (unpaired) electrons. The van der Waals surface area contributed by atoms with Crippen LogP contribution in [-0.4, -0.2) is 22.1 Å². The quantitative estimate of drug-likeness (QED) is 0.802. The summed E-state index contributed by atoms with van der Waals surface area (Å²) in [4.78, 5) is 30.1. The second-order valence-corrected chi connectivity index (χ2v) is 5.26. The second-order valence-electron chi connectivity index (χ2n) is 4.14. The van der Waals surface area contributed by atoms with Crippen molar-refractivity contribution in [2.75, 3.05) is 6.61 Å². The molecule has 0 aliphatic carbocycles. The minimum atomic E-state index is -0.417. The summed E-state index contributed by atoms with van der Waals surface area (Å²) in [6.07, 6.45) is 0.872. The van der Waals surface area contributed by atoms with Crippen molar-refractivity contribution in [2.45, 2.75) is 33.7 Å². The van der Waals surface area contributed by atoms with Gasteiger partial charge in [-0.25, -0.2) is 4.98 Å². The lowest BCUT2D eigenvalue weighted by atomic mass is 10.3. The van der Waals surface area contributed by atoms with E-state index in [4.69, 9.17) is 4.74 Å². The summed E-state index contributed by atoms with van der Waals surface area (Å²) in [6.45, 7) is 5.72. The number of aromatic nitrogens is 2. The summed E-state index contributed by atoms with van der Waals surface area (Å²) in [5, 5.41) is 0.580. The van der Waals surface area contributed by atoms with Gasteiger partial charge in [-0.05, 0) is 26.3 Å². The minimum Gasteiger partial charge on any atom is -0.465 e. The second kappa shape index (κ2) is 5.52. The van der Waals surface area contributed by atoms with Gasteiger partial charge >= 0.3 is 5.97 Å². The van der Waals surface area contributed by atoms with E-state index in [1.165, 1.54) is 15.9 Å². The first-order chi connectivity index (χ1) is 9.06. The third-order valence-corrected chi connectivity index (χ3v) is 4.01. The molecule has 2 heterocycles. The number of rotatable bonds is 4. The molecular weight excluding hydrogens is 264 g/mol. The lowest BCUT2D eigenvalue weighted by molar-refractivity contribution is -0.143. The summed E-state index contributed by atoms with van der Waals surface area (Å²) < 4.78 is 6.24. The molecule has 0 spiro atoms. The van der Waals surface area contributed by atoms with Gasteiger partial charge in [-0.3, -0.25) is 14.2 Å². The number of ether oxygens (including phenoxy) is 1. The predicted molar refractivity (Wildman–Crippen MR) is 74.6 cm³/mol. The van der Waals surface area contributed by atoms with Crippen molar-refractivity contribution < 1.29 is 9.53 Å². The number of nitrogens with zero attached hydrogens (tertiary/aromatic N) is 2. The van der Waals surface area contributed by atoms with Crippen LogP contribution in [0.5, 0.6) is 0 Å². The number of esters is 1. The molecule has 6 heteroatoms. The van der Waals surface area contributed by atoms with Gasteiger partial charge in [0.05, 0.1) is 12.0 Å². The van der Waals surface area contributed by atoms with Crippen molar-refractivity contribution in [3.8, 4) is 0 Å². The Morgan fingerprint density at radius 1 is 1.47 bits per heavy atom. The van der Waals surface area contributed by atoms with Crippen molar-refractivity contribution in [1.29, 1.82) is 0 Å². The highest BCUT2D eigenvalue weighted by Crippen LogP contribution is 2.21. The van der Waals surface area contributed by atoms with Crippen LogP contribution in [0.25, 0.3) is 10.2 Å². The third-order valence-electron chi connectivity index (χ3n) is 2.83. The fourth-order valence-electron chi connectivity index (χ4n) is 1.86. The van der Waals surface area contributed by atoms with Crippen LogP contribution in [-0.2, 0) is 22.5 Å². The van der Waals surface area contributed by atoms with Gasteiger partial charge in [-0.1, -0.05) is 6.92 Å². The molecule has 0 fully saturated rings. The third kappa shape index (κ3) is 2.68. The first-order valence-electron chi connectivity index (χ1n) is 6.22. The topological polar surface area (TPSA) is 61.2 Å². The molecule has 0 amide bonds. The molecular formula is C13H16N2O3S. The van der Waals surface area contributed by atoms with E-state index in [0.717, 1.165) is 16.1 Å². The minimum absolute atomic E-state index is 0.0846. The molecule has 2 rings (SSSR count). The average Bonchev–Trinajstić information content (AvgIpc) is 2.78.